The highest BCUT2D eigenvalue weighted by atomic mass is 35.5. The van der Waals surface area contributed by atoms with Crippen LogP contribution in [0.3, 0.4) is 0 Å². The van der Waals surface area contributed by atoms with Crippen molar-refractivity contribution in [2.24, 2.45) is 0 Å². The molecule has 0 amide bonds. The van der Waals surface area contributed by atoms with Crippen LogP contribution in [-0.2, 0) is 0 Å². The predicted octanol–water partition coefficient (Wildman–Crippen LogP) is 5.71. The summed E-state index contributed by atoms with van der Waals surface area (Å²) in [7, 11) is 0. The largest absolute Gasteiger partial charge is 0.387 e. The maximum absolute atomic E-state index is 10.5. The van der Waals surface area contributed by atoms with Gasteiger partial charge >= 0.3 is 0 Å². The molecule has 1 rings (SSSR count). The van der Waals surface area contributed by atoms with E-state index in [0.717, 1.165) is 18.7 Å². The topological polar surface area (TPSA) is 23.5 Å². The molecule has 1 aromatic carbocycles. The average Bonchev–Trinajstić information content (AvgIpc) is 2.50. The monoisotopic (exact) mass is 345 g/mol. The lowest BCUT2D eigenvalue weighted by atomic mass is 10.1. The van der Waals surface area contributed by atoms with E-state index in [9.17, 15) is 5.11 Å². The lowest BCUT2D eigenvalue weighted by Gasteiger charge is -2.25. The van der Waals surface area contributed by atoms with E-state index in [1.807, 2.05) is 6.07 Å². The molecule has 1 unspecified atom stereocenters. The third kappa shape index (κ3) is 7.32. The minimum absolute atomic E-state index is 0.502. The number of benzene rings is 1. The van der Waals surface area contributed by atoms with Crippen molar-refractivity contribution in [3.8, 4) is 0 Å². The third-order valence-corrected chi connectivity index (χ3v) is 4.65. The van der Waals surface area contributed by atoms with Gasteiger partial charge in [0.1, 0.15) is 0 Å². The van der Waals surface area contributed by atoms with Crippen molar-refractivity contribution in [2.75, 3.05) is 19.6 Å². The van der Waals surface area contributed by atoms with Gasteiger partial charge in [0.05, 0.1) is 16.1 Å². The van der Waals surface area contributed by atoms with Gasteiger partial charge in [-0.25, -0.2) is 0 Å². The van der Waals surface area contributed by atoms with Gasteiger partial charge in [-0.1, -0.05) is 68.8 Å². The molecule has 126 valence electrons. The molecule has 1 aromatic rings. The van der Waals surface area contributed by atoms with Gasteiger partial charge in [0.2, 0.25) is 0 Å². The number of aliphatic hydroxyl groups is 1. The zero-order chi connectivity index (χ0) is 16.4. The Morgan fingerprint density at radius 2 is 1.55 bits per heavy atom. The van der Waals surface area contributed by atoms with Crippen LogP contribution in [-0.4, -0.2) is 29.6 Å². The second-order valence-corrected chi connectivity index (χ2v) is 6.72. The first-order valence-electron chi connectivity index (χ1n) is 8.43. The van der Waals surface area contributed by atoms with Gasteiger partial charge in [0.25, 0.3) is 0 Å². The third-order valence-electron chi connectivity index (χ3n) is 3.92. The Morgan fingerprint density at radius 1 is 0.955 bits per heavy atom. The molecule has 0 radical (unpaired) electrons. The second-order valence-electron chi connectivity index (χ2n) is 5.90. The van der Waals surface area contributed by atoms with E-state index in [4.69, 9.17) is 23.2 Å². The van der Waals surface area contributed by atoms with Crippen LogP contribution < -0.4 is 0 Å². The summed E-state index contributed by atoms with van der Waals surface area (Å²) >= 11 is 12.0. The van der Waals surface area contributed by atoms with Crippen molar-refractivity contribution in [3.05, 3.63) is 33.8 Å². The first-order valence-corrected chi connectivity index (χ1v) is 9.19. The molecular weight excluding hydrogens is 317 g/mol. The Kier molecular flexibility index (Phi) is 10.1. The predicted molar refractivity (Wildman–Crippen MR) is 96.9 cm³/mol. The summed E-state index contributed by atoms with van der Waals surface area (Å²) in [6.45, 7) is 7.19. The molecule has 4 heteroatoms. The Hall–Kier alpha value is -0.280. The van der Waals surface area contributed by atoms with Crippen LogP contribution >= 0.6 is 23.2 Å². The van der Waals surface area contributed by atoms with Crippen LogP contribution in [0.4, 0.5) is 0 Å². The van der Waals surface area contributed by atoms with Gasteiger partial charge in [-0.05, 0) is 43.6 Å². The fourth-order valence-corrected chi connectivity index (χ4v) is 2.84. The molecule has 0 saturated carbocycles. The number of hydrogen-bond acceptors (Lipinski definition) is 2. The van der Waals surface area contributed by atoms with Crippen LogP contribution in [0.2, 0.25) is 10.0 Å². The Bertz CT molecular complexity index is 416. The zero-order valence-corrected chi connectivity index (χ0v) is 15.3. The van der Waals surface area contributed by atoms with Crippen LogP contribution in [0, 0.1) is 0 Å². The van der Waals surface area contributed by atoms with Gasteiger partial charge in [0, 0.05) is 6.54 Å². The summed E-state index contributed by atoms with van der Waals surface area (Å²) in [6.07, 6.45) is 6.79. The SMILES string of the molecule is CCCCCN(CCCCC)CC(O)c1ccc(Cl)c(Cl)c1. The Labute approximate surface area is 145 Å². The molecule has 0 spiro atoms. The van der Waals surface area contributed by atoms with E-state index >= 15 is 0 Å². The average molecular weight is 346 g/mol. The number of hydrogen-bond donors (Lipinski definition) is 1. The smallest absolute Gasteiger partial charge is 0.0917 e. The minimum atomic E-state index is -0.516. The van der Waals surface area contributed by atoms with Crippen LogP contribution in [0.5, 0.6) is 0 Å². The van der Waals surface area contributed by atoms with E-state index in [0.29, 0.717) is 16.6 Å². The van der Waals surface area contributed by atoms with Crippen molar-refractivity contribution >= 4 is 23.2 Å². The van der Waals surface area contributed by atoms with Gasteiger partial charge in [0.15, 0.2) is 0 Å². The molecule has 0 aromatic heterocycles. The molecule has 0 aliphatic rings. The number of unbranched alkanes of at least 4 members (excludes halogenated alkanes) is 4. The summed E-state index contributed by atoms with van der Waals surface area (Å²) in [4.78, 5) is 2.37. The molecule has 1 atom stereocenters. The standard InChI is InChI=1S/C18H29Cl2NO/c1-3-5-7-11-21(12-8-6-4-2)14-18(22)15-9-10-16(19)17(20)13-15/h9-10,13,18,22H,3-8,11-12,14H2,1-2H3. The van der Waals surface area contributed by atoms with Crippen molar-refractivity contribution in [1.29, 1.82) is 0 Å². The highest BCUT2D eigenvalue weighted by Gasteiger charge is 2.14. The maximum Gasteiger partial charge on any atom is 0.0917 e. The first kappa shape index (κ1) is 19.8. The van der Waals surface area contributed by atoms with Crippen LogP contribution in [0.15, 0.2) is 18.2 Å². The van der Waals surface area contributed by atoms with E-state index in [2.05, 4.69) is 18.7 Å². The summed E-state index contributed by atoms with van der Waals surface area (Å²) < 4.78 is 0. The Morgan fingerprint density at radius 3 is 2.05 bits per heavy atom. The molecular formula is C18H29Cl2NO. The normalized spacial score (nSPS) is 12.8. The second kappa shape index (κ2) is 11.3. The molecule has 0 bridgehead atoms. The molecule has 0 heterocycles. The fraction of sp³-hybridized carbons (Fsp3) is 0.667. The highest BCUT2D eigenvalue weighted by Crippen LogP contribution is 2.26. The van der Waals surface area contributed by atoms with Gasteiger partial charge < -0.3 is 10.0 Å². The lowest BCUT2D eigenvalue weighted by molar-refractivity contribution is 0.110. The summed E-state index contributed by atoms with van der Waals surface area (Å²) in [5, 5.41) is 11.5. The maximum atomic E-state index is 10.5. The Balaban J connectivity index is 2.58. The molecule has 0 aliphatic carbocycles. The zero-order valence-electron chi connectivity index (χ0n) is 13.8. The number of rotatable bonds is 11. The van der Waals surface area contributed by atoms with Crippen molar-refractivity contribution in [3.63, 3.8) is 0 Å². The lowest BCUT2D eigenvalue weighted by Crippen LogP contribution is -2.30. The van der Waals surface area contributed by atoms with E-state index in [-0.39, 0.29) is 0 Å². The molecule has 2 nitrogen and oxygen atoms in total. The quantitative estimate of drug-likeness (QED) is 0.519. The van der Waals surface area contributed by atoms with Crippen LogP contribution in [0.1, 0.15) is 64.0 Å². The van der Waals surface area contributed by atoms with Crippen LogP contribution in [0.25, 0.3) is 0 Å². The molecule has 0 aliphatic heterocycles. The van der Waals surface area contributed by atoms with E-state index in [1.54, 1.807) is 12.1 Å². The van der Waals surface area contributed by atoms with Crippen molar-refractivity contribution in [2.45, 2.75) is 58.5 Å². The van der Waals surface area contributed by atoms with Gasteiger partial charge in [-0.3, -0.25) is 0 Å². The fourth-order valence-electron chi connectivity index (χ4n) is 2.53. The summed E-state index contributed by atoms with van der Waals surface area (Å²) in [5.41, 5.74) is 0.838. The van der Waals surface area contributed by atoms with Crippen molar-refractivity contribution < 1.29 is 5.11 Å². The molecule has 22 heavy (non-hydrogen) atoms. The summed E-state index contributed by atoms with van der Waals surface area (Å²) in [5.74, 6) is 0. The molecule has 0 saturated heterocycles. The number of aliphatic hydroxyl groups excluding tert-OH is 1. The summed E-state index contributed by atoms with van der Waals surface area (Å²) in [6, 6.07) is 5.38. The van der Waals surface area contributed by atoms with E-state index in [1.165, 1.54) is 38.5 Å². The molecule has 1 N–H and O–H groups in total. The van der Waals surface area contributed by atoms with E-state index < -0.39 is 6.10 Å². The van der Waals surface area contributed by atoms with Gasteiger partial charge in [-0.15, -0.1) is 0 Å². The van der Waals surface area contributed by atoms with Crippen molar-refractivity contribution in [1.82, 2.24) is 4.90 Å². The minimum Gasteiger partial charge on any atom is -0.387 e. The number of halogens is 2. The number of nitrogens with zero attached hydrogens (tertiary/aromatic N) is 1. The molecule has 0 fully saturated rings. The highest BCUT2D eigenvalue weighted by molar-refractivity contribution is 6.42. The van der Waals surface area contributed by atoms with Gasteiger partial charge in [-0.2, -0.15) is 0 Å². The first-order chi connectivity index (χ1) is 10.6.